The standard InChI is InChI=1S/C17H20N4O2/c22-16-14-11-7-6-10-13(14)15(19-20-16)17(23)21-18-12-8-4-2-1-3-5-9-12/h6-7,10-11H,1-5,8-9H2,(H,20,22)(H,21,23). The first-order valence-electron chi connectivity index (χ1n) is 8.09. The molecule has 6 heteroatoms. The summed E-state index contributed by atoms with van der Waals surface area (Å²) in [7, 11) is 0. The van der Waals surface area contributed by atoms with Crippen molar-refractivity contribution in [3.8, 4) is 0 Å². The number of carbonyl (C=O) groups excluding carboxylic acids is 1. The van der Waals surface area contributed by atoms with Crippen molar-refractivity contribution in [3.05, 3.63) is 40.3 Å². The molecule has 1 heterocycles. The quantitative estimate of drug-likeness (QED) is 0.836. The second-order valence-electron chi connectivity index (χ2n) is 5.83. The molecule has 0 radical (unpaired) electrons. The zero-order valence-electron chi connectivity index (χ0n) is 13.0. The van der Waals surface area contributed by atoms with E-state index in [0.29, 0.717) is 10.8 Å². The van der Waals surface area contributed by atoms with Gasteiger partial charge in [-0.2, -0.15) is 10.2 Å². The van der Waals surface area contributed by atoms with Crippen molar-refractivity contribution in [1.29, 1.82) is 0 Å². The maximum atomic E-state index is 12.4. The average molecular weight is 312 g/mol. The Morgan fingerprint density at radius 3 is 2.43 bits per heavy atom. The van der Waals surface area contributed by atoms with Gasteiger partial charge in [0.1, 0.15) is 0 Å². The lowest BCUT2D eigenvalue weighted by molar-refractivity contribution is 0.0950. The summed E-state index contributed by atoms with van der Waals surface area (Å²) < 4.78 is 0. The number of fused-ring (bicyclic) bond motifs is 1. The minimum atomic E-state index is -0.396. The predicted octanol–water partition coefficient (Wildman–Crippen LogP) is 2.75. The molecule has 1 aliphatic carbocycles. The monoisotopic (exact) mass is 312 g/mol. The molecule has 2 N–H and O–H groups in total. The van der Waals surface area contributed by atoms with Gasteiger partial charge in [0.05, 0.1) is 5.39 Å². The van der Waals surface area contributed by atoms with Crippen molar-refractivity contribution >= 4 is 22.4 Å². The molecule has 120 valence electrons. The number of H-pyrrole nitrogens is 1. The Balaban J connectivity index is 1.81. The van der Waals surface area contributed by atoms with E-state index in [0.717, 1.165) is 31.4 Å². The SMILES string of the molecule is O=C(NN=C1CCCCCCC1)c1n[nH]c(=O)c2ccccc12. The summed E-state index contributed by atoms with van der Waals surface area (Å²) in [5, 5.41) is 11.5. The Bertz CT molecular complexity index is 785. The van der Waals surface area contributed by atoms with E-state index in [1.54, 1.807) is 24.3 Å². The summed E-state index contributed by atoms with van der Waals surface area (Å²) in [6.07, 6.45) is 7.83. The number of hydrogen-bond acceptors (Lipinski definition) is 4. The Morgan fingerprint density at radius 2 is 1.70 bits per heavy atom. The van der Waals surface area contributed by atoms with Gasteiger partial charge < -0.3 is 0 Å². The van der Waals surface area contributed by atoms with E-state index < -0.39 is 5.91 Å². The lowest BCUT2D eigenvalue weighted by Crippen LogP contribution is -2.24. The normalized spacial score (nSPS) is 15.7. The van der Waals surface area contributed by atoms with E-state index in [-0.39, 0.29) is 11.3 Å². The highest BCUT2D eigenvalue weighted by atomic mass is 16.2. The number of aromatic nitrogens is 2. The van der Waals surface area contributed by atoms with Crippen LogP contribution in [0.1, 0.15) is 55.4 Å². The molecule has 1 aromatic heterocycles. The highest BCUT2D eigenvalue weighted by molar-refractivity contribution is 6.05. The van der Waals surface area contributed by atoms with Crippen molar-refractivity contribution in [3.63, 3.8) is 0 Å². The number of carbonyl (C=O) groups is 1. The Labute approximate surface area is 134 Å². The minimum Gasteiger partial charge on any atom is -0.267 e. The smallest absolute Gasteiger partial charge is 0.267 e. The summed E-state index contributed by atoms with van der Waals surface area (Å²) in [5.41, 5.74) is 3.51. The van der Waals surface area contributed by atoms with Crippen LogP contribution in [0.4, 0.5) is 0 Å². The van der Waals surface area contributed by atoms with Gasteiger partial charge in [-0.25, -0.2) is 10.5 Å². The van der Waals surface area contributed by atoms with E-state index >= 15 is 0 Å². The van der Waals surface area contributed by atoms with Crippen molar-refractivity contribution in [2.75, 3.05) is 0 Å². The van der Waals surface area contributed by atoms with E-state index in [1.807, 2.05) is 0 Å². The fourth-order valence-corrected chi connectivity index (χ4v) is 2.90. The van der Waals surface area contributed by atoms with Gasteiger partial charge in [-0.1, -0.05) is 37.5 Å². The van der Waals surface area contributed by atoms with Gasteiger partial charge in [0.15, 0.2) is 5.69 Å². The topological polar surface area (TPSA) is 87.2 Å². The van der Waals surface area contributed by atoms with Gasteiger partial charge in [0.25, 0.3) is 11.5 Å². The molecule has 3 rings (SSSR count). The third kappa shape index (κ3) is 3.64. The van der Waals surface area contributed by atoms with E-state index in [1.165, 1.54) is 19.3 Å². The van der Waals surface area contributed by atoms with Crippen molar-refractivity contribution in [1.82, 2.24) is 15.6 Å². The summed E-state index contributed by atoms with van der Waals surface area (Å²) in [4.78, 5) is 24.1. The van der Waals surface area contributed by atoms with Crippen LogP contribution in [-0.2, 0) is 0 Å². The maximum absolute atomic E-state index is 12.4. The molecule has 23 heavy (non-hydrogen) atoms. The number of hydrogen-bond donors (Lipinski definition) is 2. The predicted molar refractivity (Wildman–Crippen MR) is 89.6 cm³/mol. The first kappa shape index (κ1) is 15.4. The molecule has 0 aliphatic heterocycles. The third-order valence-electron chi connectivity index (χ3n) is 4.16. The Morgan fingerprint density at radius 1 is 1.04 bits per heavy atom. The number of amides is 1. The van der Waals surface area contributed by atoms with Crippen LogP contribution in [0.25, 0.3) is 10.8 Å². The minimum absolute atomic E-state index is 0.190. The summed E-state index contributed by atoms with van der Waals surface area (Å²) >= 11 is 0. The second kappa shape index (κ2) is 7.17. The lowest BCUT2D eigenvalue weighted by Gasteiger charge is -2.11. The van der Waals surface area contributed by atoms with Crippen LogP contribution in [-0.4, -0.2) is 21.8 Å². The number of hydrazone groups is 1. The second-order valence-corrected chi connectivity index (χ2v) is 5.83. The molecular weight excluding hydrogens is 292 g/mol. The van der Waals surface area contributed by atoms with Gasteiger partial charge >= 0.3 is 0 Å². The van der Waals surface area contributed by atoms with Gasteiger partial charge in [-0.15, -0.1) is 0 Å². The highest BCUT2D eigenvalue weighted by Crippen LogP contribution is 2.15. The molecule has 2 aromatic rings. The fraction of sp³-hybridized carbons (Fsp3) is 0.412. The molecule has 1 aliphatic rings. The molecule has 0 spiro atoms. The first-order valence-corrected chi connectivity index (χ1v) is 8.09. The molecule has 1 amide bonds. The zero-order valence-corrected chi connectivity index (χ0v) is 13.0. The van der Waals surface area contributed by atoms with Crippen LogP contribution in [0.5, 0.6) is 0 Å². The first-order chi connectivity index (χ1) is 11.3. The van der Waals surface area contributed by atoms with Crippen LogP contribution in [0.15, 0.2) is 34.2 Å². The van der Waals surface area contributed by atoms with Crippen LogP contribution in [0, 0.1) is 0 Å². The zero-order chi connectivity index (χ0) is 16.1. The molecule has 1 saturated carbocycles. The molecule has 1 aromatic carbocycles. The van der Waals surface area contributed by atoms with E-state index in [9.17, 15) is 9.59 Å². The molecular formula is C17H20N4O2. The fourth-order valence-electron chi connectivity index (χ4n) is 2.90. The number of nitrogens with zero attached hydrogens (tertiary/aromatic N) is 2. The van der Waals surface area contributed by atoms with Gasteiger partial charge in [0.2, 0.25) is 0 Å². The van der Waals surface area contributed by atoms with E-state index in [4.69, 9.17) is 0 Å². The molecule has 6 nitrogen and oxygen atoms in total. The molecule has 0 unspecified atom stereocenters. The third-order valence-corrected chi connectivity index (χ3v) is 4.16. The number of aromatic amines is 1. The van der Waals surface area contributed by atoms with Crippen molar-refractivity contribution in [2.45, 2.75) is 44.9 Å². The lowest BCUT2D eigenvalue weighted by atomic mass is 9.99. The van der Waals surface area contributed by atoms with Crippen molar-refractivity contribution in [2.24, 2.45) is 5.10 Å². The summed E-state index contributed by atoms with van der Waals surface area (Å²) in [6.45, 7) is 0. The summed E-state index contributed by atoms with van der Waals surface area (Å²) in [5.74, 6) is -0.396. The van der Waals surface area contributed by atoms with Crippen molar-refractivity contribution < 1.29 is 4.79 Å². The number of rotatable bonds is 2. The van der Waals surface area contributed by atoms with Crippen LogP contribution in [0.3, 0.4) is 0 Å². The highest BCUT2D eigenvalue weighted by Gasteiger charge is 2.14. The number of benzene rings is 1. The average Bonchev–Trinajstić information content (AvgIpc) is 2.54. The molecule has 0 bridgehead atoms. The van der Waals surface area contributed by atoms with E-state index in [2.05, 4.69) is 20.7 Å². The molecule has 0 saturated heterocycles. The van der Waals surface area contributed by atoms with Crippen LogP contribution >= 0.6 is 0 Å². The summed E-state index contributed by atoms with van der Waals surface area (Å²) in [6, 6.07) is 6.93. The van der Waals surface area contributed by atoms with Gasteiger partial charge in [0, 0.05) is 11.1 Å². The van der Waals surface area contributed by atoms with Crippen LogP contribution in [0.2, 0.25) is 0 Å². The van der Waals surface area contributed by atoms with Crippen LogP contribution < -0.4 is 11.0 Å². The van der Waals surface area contributed by atoms with Gasteiger partial charge in [-0.05, 0) is 31.7 Å². The number of nitrogens with one attached hydrogen (secondary N) is 2. The maximum Gasteiger partial charge on any atom is 0.292 e. The Hall–Kier alpha value is -2.50. The molecule has 0 atom stereocenters. The van der Waals surface area contributed by atoms with Gasteiger partial charge in [-0.3, -0.25) is 9.59 Å². The molecule has 1 fully saturated rings. The Kier molecular flexibility index (Phi) is 4.80. The largest absolute Gasteiger partial charge is 0.292 e.